The lowest BCUT2D eigenvalue weighted by Crippen LogP contribution is -2.33. The van der Waals surface area contributed by atoms with Crippen molar-refractivity contribution >= 4 is 11.7 Å². The molecule has 0 spiro atoms. The third kappa shape index (κ3) is 3.15. The molecule has 5 heteroatoms. The predicted molar refractivity (Wildman–Crippen MR) is 87.7 cm³/mol. The van der Waals surface area contributed by atoms with Crippen molar-refractivity contribution in [1.29, 1.82) is 0 Å². The van der Waals surface area contributed by atoms with Crippen LogP contribution in [-0.4, -0.2) is 43.3 Å². The van der Waals surface area contributed by atoms with Gasteiger partial charge in [-0.05, 0) is 36.8 Å². The average molecular weight is 316 g/mol. The highest BCUT2D eigenvalue weighted by atomic mass is 16.5. The Kier molecular flexibility index (Phi) is 4.12. The Morgan fingerprint density at radius 3 is 2.70 bits per heavy atom. The summed E-state index contributed by atoms with van der Waals surface area (Å²) in [6.07, 6.45) is 4.85. The molecule has 124 valence electrons. The van der Waals surface area contributed by atoms with Gasteiger partial charge in [-0.1, -0.05) is 18.6 Å². The van der Waals surface area contributed by atoms with E-state index in [1.54, 1.807) is 0 Å². The molecule has 3 atom stereocenters. The largest absolute Gasteiger partial charge is 0.486 e. The van der Waals surface area contributed by atoms with Crippen LogP contribution in [0.25, 0.3) is 0 Å². The van der Waals surface area contributed by atoms with Gasteiger partial charge >= 0.3 is 6.03 Å². The number of amides is 2. The fourth-order valence-corrected chi connectivity index (χ4v) is 4.05. The van der Waals surface area contributed by atoms with E-state index in [1.165, 1.54) is 19.3 Å². The van der Waals surface area contributed by atoms with Crippen molar-refractivity contribution in [3.63, 3.8) is 0 Å². The number of ether oxygens (including phenoxy) is 2. The van der Waals surface area contributed by atoms with Gasteiger partial charge in [-0.25, -0.2) is 4.79 Å². The maximum Gasteiger partial charge on any atom is 0.321 e. The van der Waals surface area contributed by atoms with Gasteiger partial charge in [0.1, 0.15) is 11.9 Å². The molecule has 1 aromatic rings. The molecule has 2 heterocycles. The SMILES string of the molecule is O=C(Nc1ccccc1O[C@@H]1CCOC1)N1C[C@H]2CCC[C@@H]2C1. The fraction of sp³-hybridized carbons (Fsp3) is 0.611. The van der Waals surface area contributed by atoms with E-state index in [4.69, 9.17) is 9.47 Å². The molecular formula is C18H24N2O3. The summed E-state index contributed by atoms with van der Waals surface area (Å²) >= 11 is 0. The van der Waals surface area contributed by atoms with Gasteiger partial charge in [0.2, 0.25) is 0 Å². The zero-order valence-corrected chi connectivity index (χ0v) is 13.4. The van der Waals surface area contributed by atoms with Gasteiger partial charge in [-0.15, -0.1) is 0 Å². The molecule has 3 fully saturated rings. The number of fused-ring (bicyclic) bond motifs is 1. The molecule has 1 saturated carbocycles. The molecule has 0 radical (unpaired) electrons. The minimum absolute atomic E-state index is 0.00174. The summed E-state index contributed by atoms with van der Waals surface area (Å²) < 4.78 is 11.3. The van der Waals surface area contributed by atoms with Crippen molar-refractivity contribution in [2.75, 3.05) is 31.6 Å². The van der Waals surface area contributed by atoms with Crippen molar-refractivity contribution in [3.8, 4) is 5.75 Å². The van der Waals surface area contributed by atoms with Crippen LogP contribution in [0.4, 0.5) is 10.5 Å². The number of anilines is 1. The van der Waals surface area contributed by atoms with E-state index in [2.05, 4.69) is 5.32 Å². The fourth-order valence-electron chi connectivity index (χ4n) is 4.05. The summed E-state index contributed by atoms with van der Waals surface area (Å²) in [6, 6.07) is 7.66. The molecule has 1 aromatic carbocycles. The molecule has 5 nitrogen and oxygen atoms in total. The number of benzene rings is 1. The summed E-state index contributed by atoms with van der Waals surface area (Å²) in [5.41, 5.74) is 0.751. The summed E-state index contributed by atoms with van der Waals surface area (Å²) in [4.78, 5) is 14.5. The number of rotatable bonds is 3. The Hall–Kier alpha value is -1.75. The second-order valence-electron chi connectivity index (χ2n) is 6.89. The third-order valence-electron chi connectivity index (χ3n) is 5.32. The quantitative estimate of drug-likeness (QED) is 0.932. The van der Waals surface area contributed by atoms with E-state index in [0.29, 0.717) is 18.4 Å². The van der Waals surface area contributed by atoms with Crippen LogP contribution >= 0.6 is 0 Å². The molecule has 2 saturated heterocycles. The van der Waals surface area contributed by atoms with Crippen LogP contribution in [0.2, 0.25) is 0 Å². The first-order valence-electron chi connectivity index (χ1n) is 8.69. The molecule has 1 aliphatic carbocycles. The van der Waals surface area contributed by atoms with Crippen molar-refractivity contribution in [1.82, 2.24) is 4.90 Å². The molecule has 0 unspecified atom stereocenters. The number of nitrogens with one attached hydrogen (secondary N) is 1. The summed E-state index contributed by atoms with van der Waals surface area (Å²) in [6.45, 7) is 3.17. The molecule has 0 bridgehead atoms. The Balaban J connectivity index is 1.41. The molecule has 3 aliphatic rings. The number of likely N-dealkylation sites (tertiary alicyclic amines) is 1. The van der Waals surface area contributed by atoms with Crippen molar-refractivity contribution in [2.24, 2.45) is 11.8 Å². The molecular weight excluding hydrogens is 292 g/mol. The zero-order valence-electron chi connectivity index (χ0n) is 13.4. The maximum absolute atomic E-state index is 12.6. The lowest BCUT2D eigenvalue weighted by Gasteiger charge is -2.20. The first-order valence-corrected chi connectivity index (χ1v) is 8.69. The molecule has 0 aromatic heterocycles. The molecule has 4 rings (SSSR count). The normalized spacial score (nSPS) is 29.6. The van der Waals surface area contributed by atoms with E-state index >= 15 is 0 Å². The first kappa shape index (κ1) is 14.8. The number of para-hydroxylation sites is 2. The number of hydrogen-bond donors (Lipinski definition) is 1. The first-order chi connectivity index (χ1) is 11.3. The van der Waals surface area contributed by atoms with Gasteiger partial charge in [-0.2, -0.15) is 0 Å². The summed E-state index contributed by atoms with van der Waals surface area (Å²) in [5, 5.41) is 3.04. The van der Waals surface area contributed by atoms with E-state index in [-0.39, 0.29) is 12.1 Å². The number of carbonyl (C=O) groups excluding carboxylic acids is 1. The highest BCUT2D eigenvalue weighted by Crippen LogP contribution is 2.38. The predicted octanol–water partition coefficient (Wildman–Crippen LogP) is 3.12. The highest BCUT2D eigenvalue weighted by molar-refractivity contribution is 5.91. The van der Waals surface area contributed by atoms with Gasteiger partial charge in [0.25, 0.3) is 0 Å². The molecule has 2 amide bonds. The highest BCUT2D eigenvalue weighted by Gasteiger charge is 2.38. The summed E-state index contributed by atoms with van der Waals surface area (Å²) in [7, 11) is 0. The van der Waals surface area contributed by atoms with Gasteiger partial charge < -0.3 is 19.7 Å². The van der Waals surface area contributed by atoms with E-state index in [9.17, 15) is 4.79 Å². The minimum atomic E-state index is -0.00174. The number of nitrogens with zero attached hydrogens (tertiary/aromatic N) is 1. The Morgan fingerprint density at radius 1 is 1.17 bits per heavy atom. The molecule has 2 aliphatic heterocycles. The molecule has 1 N–H and O–H groups in total. The van der Waals surface area contributed by atoms with Crippen molar-refractivity contribution in [3.05, 3.63) is 24.3 Å². The number of urea groups is 1. The van der Waals surface area contributed by atoms with Crippen LogP contribution in [0.1, 0.15) is 25.7 Å². The Morgan fingerprint density at radius 2 is 1.96 bits per heavy atom. The van der Waals surface area contributed by atoms with Gasteiger partial charge in [0, 0.05) is 19.5 Å². The monoisotopic (exact) mass is 316 g/mol. The minimum Gasteiger partial charge on any atom is -0.486 e. The van der Waals surface area contributed by atoms with Gasteiger partial charge in [-0.3, -0.25) is 0 Å². The van der Waals surface area contributed by atoms with Crippen LogP contribution in [0.15, 0.2) is 24.3 Å². The van der Waals surface area contributed by atoms with Crippen LogP contribution in [0.5, 0.6) is 5.75 Å². The number of hydrogen-bond acceptors (Lipinski definition) is 3. The van der Waals surface area contributed by atoms with Crippen LogP contribution in [-0.2, 0) is 4.74 Å². The van der Waals surface area contributed by atoms with Crippen molar-refractivity contribution in [2.45, 2.75) is 31.8 Å². The van der Waals surface area contributed by atoms with E-state index in [1.807, 2.05) is 29.2 Å². The topological polar surface area (TPSA) is 50.8 Å². The third-order valence-corrected chi connectivity index (χ3v) is 5.32. The second kappa shape index (κ2) is 6.40. The van der Waals surface area contributed by atoms with Gasteiger partial charge in [0.05, 0.1) is 18.9 Å². The number of carbonyl (C=O) groups is 1. The lowest BCUT2D eigenvalue weighted by molar-refractivity contribution is 0.142. The van der Waals surface area contributed by atoms with Crippen molar-refractivity contribution < 1.29 is 14.3 Å². The second-order valence-corrected chi connectivity index (χ2v) is 6.89. The average Bonchev–Trinajstić information content (AvgIpc) is 3.25. The maximum atomic E-state index is 12.6. The molecule has 23 heavy (non-hydrogen) atoms. The lowest BCUT2D eigenvalue weighted by atomic mass is 10.0. The van der Waals surface area contributed by atoms with Gasteiger partial charge in [0.15, 0.2) is 0 Å². The van der Waals surface area contributed by atoms with E-state index < -0.39 is 0 Å². The smallest absolute Gasteiger partial charge is 0.321 e. The summed E-state index contributed by atoms with van der Waals surface area (Å²) in [5.74, 6) is 2.15. The standard InChI is InChI=1S/C18H24N2O3/c21-18(20-10-13-4-3-5-14(13)11-20)19-16-6-1-2-7-17(16)23-15-8-9-22-12-15/h1-2,6-7,13-15H,3-5,8-12H2,(H,19,21)/t13-,14-,15-/m1/s1. The Bertz CT molecular complexity index is 559. The van der Waals surface area contributed by atoms with Crippen LogP contribution < -0.4 is 10.1 Å². The Labute approximate surface area is 136 Å². The zero-order chi connectivity index (χ0) is 15.6. The van der Waals surface area contributed by atoms with E-state index in [0.717, 1.165) is 37.6 Å². The van der Waals surface area contributed by atoms with Crippen LogP contribution in [0.3, 0.4) is 0 Å². The van der Waals surface area contributed by atoms with Crippen LogP contribution in [0, 0.1) is 11.8 Å².